The summed E-state index contributed by atoms with van der Waals surface area (Å²) < 4.78 is 15.4. The maximum Gasteiger partial charge on any atom is 0.407 e. The van der Waals surface area contributed by atoms with E-state index in [0.717, 1.165) is 83.7 Å². The van der Waals surface area contributed by atoms with Gasteiger partial charge in [0.1, 0.15) is 0 Å². The van der Waals surface area contributed by atoms with Crippen molar-refractivity contribution in [2.45, 2.75) is 161 Å². The van der Waals surface area contributed by atoms with Gasteiger partial charge in [-0.15, -0.1) is 0 Å². The number of alkyl carbamates (subject to hydrolysis) is 2. The van der Waals surface area contributed by atoms with Crippen molar-refractivity contribution in [1.82, 2.24) is 10.6 Å². The number of fused-ring (bicyclic) bond motifs is 6. The monoisotopic (exact) mass is 626 g/mol. The lowest BCUT2D eigenvalue weighted by Crippen LogP contribution is -2.59. The lowest BCUT2D eigenvalue weighted by molar-refractivity contribution is -0.134. The van der Waals surface area contributed by atoms with E-state index in [4.69, 9.17) is 37.9 Å². The van der Waals surface area contributed by atoms with Crippen molar-refractivity contribution in [1.29, 1.82) is 0 Å². The second-order valence-corrected chi connectivity index (χ2v) is 14.3. The van der Waals surface area contributed by atoms with Gasteiger partial charge in [-0.25, -0.2) is 9.59 Å². The van der Waals surface area contributed by atoms with Crippen LogP contribution in [-0.2, 0) is 19.0 Å². The molecular formula is C32H58N4O6S. The van der Waals surface area contributed by atoms with Crippen LogP contribution in [0.1, 0.15) is 132 Å². The van der Waals surface area contributed by atoms with Crippen LogP contribution in [0.2, 0.25) is 0 Å². The minimum absolute atomic E-state index is 0. The minimum Gasteiger partial charge on any atom is -0.447 e. The zero-order valence-electron chi connectivity index (χ0n) is 26.4. The number of nitrogens with two attached hydrogens (primary N) is 2. The van der Waals surface area contributed by atoms with Crippen LogP contribution in [0.25, 0.3) is 0 Å². The Morgan fingerprint density at radius 1 is 0.744 bits per heavy atom. The van der Waals surface area contributed by atoms with Gasteiger partial charge in [-0.2, -0.15) is 0 Å². The lowest BCUT2D eigenvalue weighted by atomic mass is 9.57. The molecule has 4 bridgehead atoms. The molecule has 1 heterocycles. The van der Waals surface area contributed by atoms with Crippen molar-refractivity contribution in [3.63, 3.8) is 0 Å². The van der Waals surface area contributed by atoms with Gasteiger partial charge >= 0.3 is 12.2 Å². The van der Waals surface area contributed by atoms with Crippen LogP contribution in [0.3, 0.4) is 0 Å². The van der Waals surface area contributed by atoms with E-state index < -0.39 is 0 Å². The van der Waals surface area contributed by atoms with Crippen molar-refractivity contribution < 1.29 is 28.6 Å². The third-order valence-electron chi connectivity index (χ3n) is 10.1. The zero-order chi connectivity index (χ0) is 31.2. The molecule has 43 heavy (non-hydrogen) atoms. The largest absolute Gasteiger partial charge is 0.447 e. The summed E-state index contributed by atoms with van der Waals surface area (Å²) in [5, 5.41) is 6.06. The summed E-state index contributed by atoms with van der Waals surface area (Å²) in [6, 6.07) is 0. The highest BCUT2D eigenvalue weighted by atomic mass is 32.1. The second-order valence-electron chi connectivity index (χ2n) is 13.8. The Morgan fingerprint density at radius 2 is 1.12 bits per heavy atom. The molecule has 3 amide bonds. The molecule has 0 radical (unpaired) electrons. The summed E-state index contributed by atoms with van der Waals surface area (Å²) in [5.41, 5.74) is 10.8. The van der Waals surface area contributed by atoms with Crippen LogP contribution in [0.4, 0.5) is 9.59 Å². The molecule has 0 spiro atoms. The summed E-state index contributed by atoms with van der Waals surface area (Å²) in [6.45, 7) is 10.5. The highest BCUT2D eigenvalue weighted by molar-refractivity contribution is 7.80. The number of carbonyl (C=O) groups is 3. The number of nitrogens with one attached hydrogen (secondary N) is 2. The minimum atomic E-state index is -0.349. The fourth-order valence-corrected chi connectivity index (χ4v) is 7.45. The van der Waals surface area contributed by atoms with Crippen molar-refractivity contribution in [2.75, 3.05) is 6.61 Å². The average molecular weight is 627 g/mol. The molecule has 248 valence electrons. The van der Waals surface area contributed by atoms with E-state index >= 15 is 0 Å². The number of ether oxygens (including phenoxy) is 3. The molecule has 0 aromatic rings. The fourth-order valence-electron chi connectivity index (χ4n) is 7.14. The zero-order valence-corrected chi connectivity index (χ0v) is 27.2. The fraction of sp³-hybridized carbons (Fsp3) is 0.875. The Balaban J connectivity index is 0.000000247. The van der Waals surface area contributed by atoms with Crippen LogP contribution >= 0.6 is 12.2 Å². The van der Waals surface area contributed by atoms with Gasteiger partial charge in [-0.3, -0.25) is 4.79 Å². The van der Waals surface area contributed by atoms with Gasteiger partial charge in [-0.1, -0.05) is 19.6 Å². The van der Waals surface area contributed by atoms with Crippen molar-refractivity contribution >= 4 is 35.3 Å². The highest BCUT2D eigenvalue weighted by Gasteiger charge is 2.53. The number of carbonyl (C=O) groups excluding carboxylic acids is 3. The number of primary amides is 1. The third-order valence-corrected chi connectivity index (χ3v) is 10.5. The number of thiocarbonyl (C=S) groups is 1. The van der Waals surface area contributed by atoms with Gasteiger partial charge in [0.05, 0.1) is 23.3 Å². The van der Waals surface area contributed by atoms with Gasteiger partial charge in [0.15, 0.2) is 0 Å². The Kier molecular flexibility index (Phi) is 13.1. The average Bonchev–Trinajstić information content (AvgIpc) is 3.41. The molecule has 11 heteroatoms. The third kappa shape index (κ3) is 9.67. The first-order chi connectivity index (χ1) is 19.6. The van der Waals surface area contributed by atoms with Gasteiger partial charge in [0.2, 0.25) is 5.91 Å². The van der Waals surface area contributed by atoms with E-state index in [0.29, 0.717) is 11.1 Å². The smallest absolute Gasteiger partial charge is 0.407 e. The number of hydrogen-bond donors (Lipinski definition) is 4. The summed E-state index contributed by atoms with van der Waals surface area (Å²) in [5.74, 6) is -0.180. The second kappa shape index (κ2) is 15.2. The van der Waals surface area contributed by atoms with Crippen molar-refractivity contribution in [2.24, 2.45) is 22.3 Å². The summed E-state index contributed by atoms with van der Waals surface area (Å²) >= 11 is 5.20. The topological polar surface area (TPSA) is 155 Å². The first kappa shape index (κ1) is 37.0. The van der Waals surface area contributed by atoms with Crippen LogP contribution in [0.15, 0.2) is 0 Å². The van der Waals surface area contributed by atoms with Gasteiger partial charge in [0.25, 0.3) is 0 Å². The van der Waals surface area contributed by atoms with Crippen LogP contribution < -0.4 is 22.1 Å². The predicted octanol–water partition coefficient (Wildman–Crippen LogP) is 6.02. The van der Waals surface area contributed by atoms with E-state index in [2.05, 4.69) is 17.6 Å². The molecule has 0 aromatic carbocycles. The normalized spacial score (nSPS) is 33.6. The Labute approximate surface area is 264 Å². The maximum absolute atomic E-state index is 11.7. The number of rotatable bonds is 6. The van der Waals surface area contributed by atoms with Gasteiger partial charge in [-0.05, 0) is 125 Å². The Hall–Kier alpha value is -2.14. The van der Waals surface area contributed by atoms with E-state index in [-0.39, 0.29) is 59.6 Å². The molecule has 10 nitrogen and oxygen atoms in total. The quantitative estimate of drug-likeness (QED) is 0.261. The first-order valence-corrected chi connectivity index (χ1v) is 16.2. The number of amides is 3. The van der Waals surface area contributed by atoms with Crippen LogP contribution in [-0.4, -0.2) is 59.1 Å². The van der Waals surface area contributed by atoms with Crippen LogP contribution in [0.5, 0.6) is 0 Å². The molecule has 6 N–H and O–H groups in total. The first-order valence-electron chi connectivity index (χ1n) is 15.8. The Bertz CT molecular complexity index is 862. The van der Waals surface area contributed by atoms with E-state index in [1.165, 1.54) is 12.8 Å². The van der Waals surface area contributed by atoms with E-state index in [9.17, 15) is 14.4 Å². The van der Waals surface area contributed by atoms with Gasteiger partial charge in [0, 0.05) is 28.5 Å². The van der Waals surface area contributed by atoms with E-state index in [1.54, 1.807) is 0 Å². The molecule has 7 aliphatic rings. The van der Waals surface area contributed by atoms with E-state index in [1.807, 2.05) is 27.7 Å². The molecule has 7 fully saturated rings. The molecule has 0 aromatic heterocycles. The molecule has 1 unspecified atom stereocenters. The van der Waals surface area contributed by atoms with Gasteiger partial charge < -0.3 is 36.3 Å². The molecule has 1 aliphatic heterocycles. The summed E-state index contributed by atoms with van der Waals surface area (Å²) in [4.78, 5) is 35.6. The molecule has 6 aliphatic carbocycles. The number of hydrogen-bond acceptors (Lipinski definition) is 7. The SMILES string of the molecule is C.CC(C)OC(=O)NC12CCC(C(N)=O)(CC1)CC2.CC(C)OC(=O)NC12CCC(C(N)=S)(CC1)CC2.CC1CCCO1. The lowest BCUT2D eigenvalue weighted by Gasteiger charge is -2.52. The maximum atomic E-state index is 11.7. The summed E-state index contributed by atoms with van der Waals surface area (Å²) in [7, 11) is 0. The highest BCUT2D eigenvalue weighted by Crippen LogP contribution is 2.53. The van der Waals surface area contributed by atoms with Crippen molar-refractivity contribution in [3.05, 3.63) is 0 Å². The molecule has 7 rings (SSSR count). The molecular weight excluding hydrogens is 568 g/mol. The predicted molar refractivity (Wildman–Crippen MR) is 173 cm³/mol. The molecule has 1 atom stereocenters. The molecule has 6 saturated carbocycles. The Morgan fingerprint density at radius 3 is 1.35 bits per heavy atom. The van der Waals surface area contributed by atoms with Crippen molar-refractivity contribution in [3.8, 4) is 0 Å². The molecule has 1 saturated heterocycles. The standard InChI is InChI=1S/C13H22N2O3.C13H22N2O2S.C5H10O.CH4/c1-9(2)18-11(17)15-13-6-3-12(4-7-13,5-8-13)10(14)16;1-9(2)17-11(16)15-13-6-3-12(4-7-13,5-8-13)10(14)18;1-5-3-2-4-6-5;/h9H,3-8H2,1-2H3,(H2,14,16)(H,15,17);9H,3-8H2,1-2H3,(H2,14,18)(H,15,16);5H,2-4H2,1H3;1H4. The van der Waals surface area contributed by atoms with Crippen LogP contribution in [0, 0.1) is 10.8 Å². The summed E-state index contributed by atoms with van der Waals surface area (Å²) in [6.07, 6.45) is 12.9.